The number of hydrogen-bond acceptors (Lipinski definition) is 9. The Bertz CT molecular complexity index is 1150. The summed E-state index contributed by atoms with van der Waals surface area (Å²) in [6.07, 6.45) is 4.74. The molecule has 1 atom stereocenters. The predicted molar refractivity (Wildman–Crippen MR) is 139 cm³/mol. The van der Waals surface area contributed by atoms with Crippen molar-refractivity contribution in [2.75, 3.05) is 36.0 Å². The standard InChI is InChI=1S/C25H33ClF2N6O2S/c1-23(2,36)15-12-34(13-15)21-19(26)17(3-8-30-21)37-18-11-31-20(16(14-35)32-18)33-9-6-24(7-10-33)4-5-25(27,28)22(24)29/h3,8,11,15,22,35-36H,4-7,9-10,12-14,29H2,1-2H3/t22-/m0/s1. The number of aromatic nitrogens is 3. The summed E-state index contributed by atoms with van der Waals surface area (Å²) in [6.45, 7) is 5.75. The Balaban J connectivity index is 1.28. The van der Waals surface area contributed by atoms with Crippen molar-refractivity contribution in [2.45, 2.75) is 73.6 Å². The summed E-state index contributed by atoms with van der Waals surface area (Å²) in [5.41, 5.74) is 5.11. The molecule has 2 saturated heterocycles. The van der Waals surface area contributed by atoms with Crippen molar-refractivity contribution in [3.05, 3.63) is 29.2 Å². The Morgan fingerprint density at radius 2 is 1.84 bits per heavy atom. The van der Waals surface area contributed by atoms with E-state index in [2.05, 4.69) is 15.0 Å². The largest absolute Gasteiger partial charge is 0.390 e. The van der Waals surface area contributed by atoms with Crippen LogP contribution >= 0.6 is 23.4 Å². The van der Waals surface area contributed by atoms with Crippen LogP contribution in [-0.2, 0) is 6.61 Å². The third kappa shape index (κ3) is 5.01. The topological polar surface area (TPSA) is 112 Å². The molecule has 0 aromatic carbocycles. The van der Waals surface area contributed by atoms with Crippen LogP contribution in [0.2, 0.25) is 5.02 Å². The molecule has 5 rings (SSSR count). The van der Waals surface area contributed by atoms with Crippen LogP contribution in [-0.4, -0.2) is 68.9 Å². The SMILES string of the molecule is CC(C)(O)C1CN(c2nccc(Sc3cnc(N4CCC5(CC4)CCC(F)(F)[C@H]5N)c(CO)n3)c2Cl)C1. The van der Waals surface area contributed by atoms with Crippen molar-refractivity contribution in [1.82, 2.24) is 15.0 Å². The molecular formula is C25H33ClF2N6O2S. The normalized spacial score (nSPS) is 23.5. The fraction of sp³-hybridized carbons (Fsp3) is 0.640. The Morgan fingerprint density at radius 3 is 2.43 bits per heavy atom. The van der Waals surface area contributed by atoms with E-state index in [0.29, 0.717) is 72.8 Å². The van der Waals surface area contributed by atoms with Crippen LogP contribution in [0.5, 0.6) is 0 Å². The minimum absolute atomic E-state index is 0.151. The first kappa shape index (κ1) is 26.8. The first-order chi connectivity index (χ1) is 17.4. The number of nitrogens with zero attached hydrogens (tertiary/aromatic N) is 5. The molecule has 3 aliphatic rings. The monoisotopic (exact) mass is 554 g/mol. The van der Waals surface area contributed by atoms with Crippen molar-refractivity contribution in [3.8, 4) is 0 Å². The van der Waals surface area contributed by atoms with Crippen LogP contribution < -0.4 is 15.5 Å². The number of aliphatic hydroxyl groups is 2. The fourth-order valence-electron chi connectivity index (χ4n) is 5.65. The highest BCUT2D eigenvalue weighted by Gasteiger charge is 2.57. The lowest BCUT2D eigenvalue weighted by Gasteiger charge is -2.46. The molecule has 0 bridgehead atoms. The molecule has 37 heavy (non-hydrogen) atoms. The van der Waals surface area contributed by atoms with E-state index in [9.17, 15) is 19.0 Å². The van der Waals surface area contributed by atoms with Gasteiger partial charge in [-0.25, -0.2) is 23.7 Å². The molecular weight excluding hydrogens is 522 g/mol. The van der Waals surface area contributed by atoms with Crippen molar-refractivity contribution in [3.63, 3.8) is 0 Å². The zero-order valence-electron chi connectivity index (χ0n) is 21.0. The van der Waals surface area contributed by atoms with Gasteiger partial charge in [-0.05, 0) is 44.6 Å². The number of aliphatic hydroxyl groups excluding tert-OH is 1. The second-order valence-corrected chi connectivity index (χ2v) is 12.5. The minimum Gasteiger partial charge on any atom is -0.390 e. The first-order valence-electron chi connectivity index (χ1n) is 12.6. The van der Waals surface area contributed by atoms with E-state index in [-0.39, 0.29) is 18.9 Å². The van der Waals surface area contributed by atoms with Crippen LogP contribution in [0, 0.1) is 11.3 Å². The second kappa shape index (κ2) is 9.75. The highest BCUT2D eigenvalue weighted by atomic mass is 35.5. The summed E-state index contributed by atoms with van der Waals surface area (Å²) in [7, 11) is 0. The number of alkyl halides is 2. The molecule has 4 N–H and O–H groups in total. The average molecular weight is 555 g/mol. The Kier molecular flexibility index (Phi) is 7.06. The number of nitrogens with two attached hydrogens (primary N) is 1. The summed E-state index contributed by atoms with van der Waals surface area (Å²) in [5.74, 6) is -1.42. The summed E-state index contributed by atoms with van der Waals surface area (Å²) in [5, 5.41) is 21.3. The Morgan fingerprint density at radius 1 is 1.14 bits per heavy atom. The number of anilines is 2. The summed E-state index contributed by atoms with van der Waals surface area (Å²) in [4.78, 5) is 18.4. The third-order valence-electron chi connectivity index (χ3n) is 8.31. The van der Waals surface area contributed by atoms with E-state index in [1.54, 1.807) is 26.2 Å². The summed E-state index contributed by atoms with van der Waals surface area (Å²) < 4.78 is 28.2. The van der Waals surface area contributed by atoms with Gasteiger partial charge in [-0.2, -0.15) is 0 Å². The minimum atomic E-state index is -2.81. The lowest BCUT2D eigenvalue weighted by atomic mass is 9.74. The average Bonchev–Trinajstić information content (AvgIpc) is 3.04. The molecule has 2 aromatic rings. The number of rotatable bonds is 6. The van der Waals surface area contributed by atoms with Gasteiger partial charge in [0.15, 0.2) is 5.82 Å². The molecule has 3 fully saturated rings. The van der Waals surface area contributed by atoms with Gasteiger partial charge in [-0.15, -0.1) is 0 Å². The van der Waals surface area contributed by atoms with Gasteiger partial charge in [0.05, 0.1) is 29.5 Å². The molecule has 2 aliphatic heterocycles. The molecule has 0 amide bonds. The van der Waals surface area contributed by atoms with Crippen molar-refractivity contribution >= 4 is 35.0 Å². The molecule has 1 saturated carbocycles. The quantitative estimate of drug-likeness (QED) is 0.492. The molecule has 0 radical (unpaired) electrons. The highest BCUT2D eigenvalue weighted by Crippen LogP contribution is 2.52. The Hall–Kier alpha value is -1.79. The van der Waals surface area contributed by atoms with Gasteiger partial charge in [0.25, 0.3) is 5.92 Å². The third-order valence-corrected chi connectivity index (χ3v) is 9.76. The molecule has 1 spiro atoms. The fourth-order valence-corrected chi connectivity index (χ4v) is 6.79. The van der Waals surface area contributed by atoms with Crippen molar-refractivity contribution < 1.29 is 19.0 Å². The van der Waals surface area contributed by atoms with E-state index in [0.717, 1.165) is 4.90 Å². The number of pyridine rings is 1. The lowest BCUT2D eigenvalue weighted by Crippen LogP contribution is -2.56. The molecule has 4 heterocycles. The van der Waals surface area contributed by atoms with E-state index in [4.69, 9.17) is 17.3 Å². The van der Waals surface area contributed by atoms with Crippen LogP contribution in [0.4, 0.5) is 20.4 Å². The van der Waals surface area contributed by atoms with E-state index in [1.807, 2.05) is 15.9 Å². The van der Waals surface area contributed by atoms with Gasteiger partial charge >= 0.3 is 0 Å². The number of piperidine rings is 1. The van der Waals surface area contributed by atoms with Gasteiger partial charge in [0.2, 0.25) is 0 Å². The zero-order chi connectivity index (χ0) is 26.6. The van der Waals surface area contributed by atoms with Crippen molar-refractivity contribution in [1.29, 1.82) is 0 Å². The molecule has 1 aliphatic carbocycles. The van der Waals surface area contributed by atoms with Crippen LogP contribution in [0.1, 0.15) is 45.2 Å². The summed E-state index contributed by atoms with van der Waals surface area (Å²) >= 11 is 8.02. The molecule has 12 heteroatoms. The summed E-state index contributed by atoms with van der Waals surface area (Å²) in [6, 6.07) is 0.694. The number of halogens is 3. The maximum Gasteiger partial charge on any atom is 0.263 e. The molecule has 8 nitrogen and oxygen atoms in total. The highest BCUT2D eigenvalue weighted by molar-refractivity contribution is 7.99. The first-order valence-corrected chi connectivity index (χ1v) is 13.8. The van der Waals surface area contributed by atoms with E-state index in [1.165, 1.54) is 11.8 Å². The van der Waals surface area contributed by atoms with E-state index >= 15 is 0 Å². The van der Waals surface area contributed by atoms with Crippen LogP contribution in [0.15, 0.2) is 28.4 Å². The Labute approximate surface area is 224 Å². The van der Waals surface area contributed by atoms with Crippen LogP contribution in [0.25, 0.3) is 0 Å². The van der Waals surface area contributed by atoms with Crippen LogP contribution in [0.3, 0.4) is 0 Å². The van der Waals surface area contributed by atoms with Gasteiger partial charge in [-0.1, -0.05) is 23.4 Å². The zero-order valence-corrected chi connectivity index (χ0v) is 22.6. The van der Waals surface area contributed by atoms with Gasteiger partial charge in [-0.3, -0.25) is 0 Å². The number of hydrogen-bond donors (Lipinski definition) is 3. The van der Waals surface area contributed by atoms with Gasteiger partial charge in [0.1, 0.15) is 16.5 Å². The molecule has 2 aromatic heterocycles. The molecule has 0 unspecified atom stereocenters. The van der Waals surface area contributed by atoms with Gasteiger partial charge < -0.3 is 25.7 Å². The smallest absolute Gasteiger partial charge is 0.263 e. The maximum absolute atomic E-state index is 14.1. The van der Waals surface area contributed by atoms with E-state index < -0.39 is 23.0 Å². The predicted octanol–water partition coefficient (Wildman–Crippen LogP) is 3.72. The molecule has 202 valence electrons. The second-order valence-electron chi connectivity index (χ2n) is 11.0. The lowest BCUT2D eigenvalue weighted by molar-refractivity contribution is -0.0279. The van der Waals surface area contributed by atoms with Gasteiger partial charge in [0, 0.05) is 49.6 Å². The maximum atomic E-state index is 14.1. The van der Waals surface area contributed by atoms with Crippen molar-refractivity contribution in [2.24, 2.45) is 17.1 Å².